The fraction of sp³-hybridized carbons (Fsp3) is 0.308. The normalized spacial score (nSPS) is 20.1. The van der Waals surface area contributed by atoms with E-state index in [2.05, 4.69) is 16.0 Å². The Morgan fingerprint density at radius 1 is 1.33 bits per heavy atom. The zero-order valence-electron chi connectivity index (χ0n) is 10.9. The lowest BCUT2D eigenvalue weighted by Gasteiger charge is -2.20. The quantitative estimate of drug-likeness (QED) is 0.751. The van der Waals surface area contributed by atoms with Crippen LogP contribution < -0.4 is 20.7 Å². The molecule has 0 spiro atoms. The van der Waals surface area contributed by atoms with Crippen molar-refractivity contribution in [2.75, 3.05) is 23.8 Å². The van der Waals surface area contributed by atoms with E-state index in [0.717, 1.165) is 0 Å². The van der Waals surface area contributed by atoms with Gasteiger partial charge in [-0.2, -0.15) is 0 Å². The number of carbonyl (C=O) groups excluding carboxylic acids is 3. The van der Waals surface area contributed by atoms with Crippen molar-refractivity contribution in [2.24, 2.45) is 5.92 Å². The predicted molar refractivity (Wildman–Crippen MR) is 75.3 cm³/mol. The number of nitrogens with one attached hydrogen (secondary N) is 3. The zero-order valence-corrected chi connectivity index (χ0v) is 11.6. The summed E-state index contributed by atoms with van der Waals surface area (Å²) in [6.07, 6.45) is 0.168. The van der Waals surface area contributed by atoms with Gasteiger partial charge in [0.25, 0.3) is 5.91 Å². The zero-order chi connectivity index (χ0) is 15.0. The molecule has 0 saturated carbocycles. The van der Waals surface area contributed by atoms with Crippen LogP contribution in [-0.2, 0) is 14.4 Å². The van der Waals surface area contributed by atoms with Gasteiger partial charge in [-0.05, 0) is 6.07 Å². The minimum atomic E-state index is -0.412. The van der Waals surface area contributed by atoms with Crippen molar-refractivity contribution in [1.29, 1.82) is 0 Å². The number of fused-ring (bicyclic) bond motifs is 1. The maximum atomic E-state index is 12.1. The Morgan fingerprint density at radius 2 is 2.14 bits per heavy atom. The summed E-state index contributed by atoms with van der Waals surface area (Å²) in [7, 11) is 0. The minimum Gasteiger partial charge on any atom is -0.482 e. The van der Waals surface area contributed by atoms with Gasteiger partial charge in [-0.3, -0.25) is 14.4 Å². The number of amides is 3. The van der Waals surface area contributed by atoms with Gasteiger partial charge in [-0.25, -0.2) is 0 Å². The smallest absolute Gasteiger partial charge is 0.262 e. The Morgan fingerprint density at radius 3 is 2.86 bits per heavy atom. The molecule has 1 aromatic carbocycles. The summed E-state index contributed by atoms with van der Waals surface area (Å²) in [4.78, 5) is 34.4. The Hall–Kier alpha value is -2.28. The molecule has 110 valence electrons. The van der Waals surface area contributed by atoms with Crippen LogP contribution in [0.4, 0.5) is 11.4 Å². The third kappa shape index (κ3) is 2.78. The third-order valence-electron chi connectivity index (χ3n) is 3.31. The summed E-state index contributed by atoms with van der Waals surface area (Å²) in [6.45, 7) is 0.239. The highest BCUT2D eigenvalue weighted by atomic mass is 35.5. The van der Waals surface area contributed by atoms with Crippen molar-refractivity contribution >= 4 is 40.7 Å². The van der Waals surface area contributed by atoms with Gasteiger partial charge in [0.2, 0.25) is 11.8 Å². The molecule has 21 heavy (non-hydrogen) atoms. The SMILES string of the molecule is O=C1CC(C(=O)Nc2cc3c(cc2Cl)NC(=O)CO3)CN1. The predicted octanol–water partition coefficient (Wildman–Crippen LogP) is 0.746. The van der Waals surface area contributed by atoms with Gasteiger partial charge >= 0.3 is 0 Å². The summed E-state index contributed by atoms with van der Waals surface area (Å²) in [5.74, 6) is -0.654. The highest BCUT2D eigenvalue weighted by Crippen LogP contribution is 2.36. The van der Waals surface area contributed by atoms with Crippen LogP contribution in [0.5, 0.6) is 5.75 Å². The molecule has 3 N–H and O–H groups in total. The van der Waals surface area contributed by atoms with Gasteiger partial charge in [0, 0.05) is 19.0 Å². The van der Waals surface area contributed by atoms with Crippen LogP contribution in [0.3, 0.4) is 0 Å². The third-order valence-corrected chi connectivity index (χ3v) is 3.62. The number of halogens is 1. The number of hydrogen-bond donors (Lipinski definition) is 3. The molecule has 1 aromatic rings. The summed E-state index contributed by atoms with van der Waals surface area (Å²) in [5.41, 5.74) is 0.850. The first-order valence-electron chi connectivity index (χ1n) is 6.36. The highest BCUT2D eigenvalue weighted by molar-refractivity contribution is 6.34. The minimum absolute atomic E-state index is 0.0803. The number of carbonyl (C=O) groups is 3. The Kier molecular flexibility index (Phi) is 3.42. The van der Waals surface area contributed by atoms with Crippen molar-refractivity contribution < 1.29 is 19.1 Å². The second-order valence-corrected chi connectivity index (χ2v) is 5.27. The van der Waals surface area contributed by atoms with E-state index in [-0.39, 0.29) is 35.8 Å². The molecule has 3 rings (SSSR count). The summed E-state index contributed by atoms with van der Waals surface area (Å²) in [6, 6.07) is 3.07. The molecule has 1 fully saturated rings. The Bertz CT molecular complexity index is 647. The lowest BCUT2D eigenvalue weighted by Crippen LogP contribution is -2.26. The van der Waals surface area contributed by atoms with Crippen molar-refractivity contribution in [2.45, 2.75) is 6.42 Å². The van der Waals surface area contributed by atoms with E-state index < -0.39 is 5.92 Å². The van der Waals surface area contributed by atoms with Gasteiger partial charge < -0.3 is 20.7 Å². The average molecular weight is 310 g/mol. The standard InChI is InChI=1S/C13H12ClN3O4/c14-7-2-9-10(21-5-12(19)16-9)3-8(7)17-13(20)6-1-11(18)15-4-6/h2-3,6H,1,4-5H2,(H,15,18)(H,16,19)(H,17,20). The van der Waals surface area contributed by atoms with Crippen LogP contribution >= 0.6 is 11.6 Å². The summed E-state index contributed by atoms with van der Waals surface area (Å²) >= 11 is 6.08. The van der Waals surface area contributed by atoms with Crippen molar-refractivity contribution in [3.63, 3.8) is 0 Å². The number of anilines is 2. The molecule has 2 aliphatic rings. The van der Waals surface area contributed by atoms with Gasteiger partial charge in [0.1, 0.15) is 5.75 Å². The molecule has 0 bridgehead atoms. The van der Waals surface area contributed by atoms with E-state index >= 15 is 0 Å². The van der Waals surface area contributed by atoms with Crippen LogP contribution in [0.15, 0.2) is 12.1 Å². The van der Waals surface area contributed by atoms with Crippen molar-refractivity contribution in [1.82, 2.24) is 5.32 Å². The molecule has 1 saturated heterocycles. The molecule has 1 unspecified atom stereocenters. The molecule has 2 aliphatic heterocycles. The molecular weight excluding hydrogens is 298 g/mol. The fourth-order valence-electron chi connectivity index (χ4n) is 2.22. The van der Waals surface area contributed by atoms with Gasteiger partial charge in [0.05, 0.1) is 22.3 Å². The van der Waals surface area contributed by atoms with E-state index in [1.807, 2.05) is 0 Å². The van der Waals surface area contributed by atoms with Gasteiger partial charge in [-0.1, -0.05) is 11.6 Å². The molecule has 8 heteroatoms. The van der Waals surface area contributed by atoms with Crippen LogP contribution in [0.2, 0.25) is 5.02 Å². The topological polar surface area (TPSA) is 96.5 Å². The molecular formula is C13H12ClN3O4. The number of benzene rings is 1. The fourth-order valence-corrected chi connectivity index (χ4v) is 2.43. The Balaban J connectivity index is 1.78. The summed E-state index contributed by atoms with van der Waals surface area (Å²) in [5, 5.41) is 8.19. The van der Waals surface area contributed by atoms with Crippen LogP contribution in [0, 0.1) is 5.92 Å². The molecule has 1 atom stereocenters. The van der Waals surface area contributed by atoms with E-state index in [9.17, 15) is 14.4 Å². The molecule has 7 nitrogen and oxygen atoms in total. The molecule has 3 amide bonds. The molecule has 0 radical (unpaired) electrons. The average Bonchev–Trinajstić information content (AvgIpc) is 2.86. The molecule has 2 heterocycles. The maximum absolute atomic E-state index is 12.1. The lowest BCUT2D eigenvalue weighted by atomic mass is 10.1. The number of ether oxygens (including phenoxy) is 1. The molecule has 0 aliphatic carbocycles. The van der Waals surface area contributed by atoms with Gasteiger partial charge in [0.15, 0.2) is 6.61 Å². The largest absolute Gasteiger partial charge is 0.482 e. The van der Waals surface area contributed by atoms with Crippen LogP contribution in [-0.4, -0.2) is 30.9 Å². The highest BCUT2D eigenvalue weighted by Gasteiger charge is 2.28. The van der Waals surface area contributed by atoms with Crippen molar-refractivity contribution in [3.8, 4) is 5.75 Å². The number of rotatable bonds is 2. The van der Waals surface area contributed by atoms with E-state index in [1.165, 1.54) is 6.07 Å². The first-order chi connectivity index (χ1) is 10.0. The van der Waals surface area contributed by atoms with E-state index in [4.69, 9.17) is 16.3 Å². The van der Waals surface area contributed by atoms with Gasteiger partial charge in [-0.15, -0.1) is 0 Å². The van der Waals surface area contributed by atoms with E-state index in [1.54, 1.807) is 6.07 Å². The molecule has 0 aromatic heterocycles. The second-order valence-electron chi connectivity index (χ2n) is 4.86. The van der Waals surface area contributed by atoms with Crippen LogP contribution in [0.1, 0.15) is 6.42 Å². The first-order valence-corrected chi connectivity index (χ1v) is 6.74. The first kappa shape index (κ1) is 13.7. The Labute approximate surface area is 125 Å². The lowest BCUT2D eigenvalue weighted by molar-refractivity contribution is -0.123. The maximum Gasteiger partial charge on any atom is 0.262 e. The number of hydrogen-bond acceptors (Lipinski definition) is 4. The summed E-state index contributed by atoms with van der Waals surface area (Å²) < 4.78 is 5.27. The second kappa shape index (κ2) is 5.25. The van der Waals surface area contributed by atoms with Crippen molar-refractivity contribution in [3.05, 3.63) is 17.2 Å². The van der Waals surface area contributed by atoms with Crippen LogP contribution in [0.25, 0.3) is 0 Å². The van der Waals surface area contributed by atoms with E-state index in [0.29, 0.717) is 23.7 Å². The monoisotopic (exact) mass is 309 g/mol.